The van der Waals surface area contributed by atoms with E-state index >= 15 is 0 Å². The molecule has 1 aliphatic carbocycles. The molecular weight excluding hydrogens is 993 g/mol. The lowest BCUT2D eigenvalue weighted by Gasteiger charge is -2.39. The van der Waals surface area contributed by atoms with Crippen molar-refractivity contribution in [3.63, 3.8) is 0 Å². The first-order valence-corrected chi connectivity index (χ1v) is 31.2. The smallest absolute Gasteiger partial charge is 0.0843 e. The van der Waals surface area contributed by atoms with Crippen molar-refractivity contribution in [3.05, 3.63) is 138 Å². The van der Waals surface area contributed by atoms with E-state index in [1.54, 1.807) is 0 Å². The van der Waals surface area contributed by atoms with Crippen molar-refractivity contribution in [2.45, 2.75) is 310 Å². The van der Waals surface area contributed by atoms with Crippen molar-refractivity contribution in [2.24, 2.45) is 0 Å². The molecule has 0 aliphatic heterocycles. The lowest BCUT2D eigenvalue weighted by molar-refractivity contribution is 0.0689. The van der Waals surface area contributed by atoms with Crippen LogP contribution in [0.1, 0.15) is 354 Å². The van der Waals surface area contributed by atoms with E-state index in [4.69, 9.17) is 0 Å². The van der Waals surface area contributed by atoms with E-state index in [2.05, 4.69) is 52.0 Å². The van der Waals surface area contributed by atoms with Gasteiger partial charge in [0.25, 0.3) is 0 Å². The minimum absolute atomic E-state index is 0.402. The van der Waals surface area contributed by atoms with Crippen molar-refractivity contribution in [2.75, 3.05) is 0 Å². The molecule has 0 saturated heterocycles. The topological polar surface area (TPSA) is 162 Å². The van der Waals surface area contributed by atoms with Crippen LogP contribution in [0, 0.1) is 0 Å². The molecule has 8 heteroatoms. The Morgan fingerprint density at radius 3 is 0.450 bits per heavy atom. The van der Waals surface area contributed by atoms with Gasteiger partial charge in [0.15, 0.2) is 0 Å². The number of benzene rings is 4. The lowest BCUT2D eigenvalue weighted by atomic mass is 9.67. The zero-order valence-corrected chi connectivity index (χ0v) is 53.8. The minimum atomic E-state index is -1.39. The van der Waals surface area contributed by atoms with Crippen molar-refractivity contribution in [3.8, 4) is 0 Å². The fourth-order valence-electron chi connectivity index (χ4n) is 13.4. The van der Waals surface area contributed by atoms with Gasteiger partial charge in [-0.1, -0.05) is 129 Å². The maximum absolute atomic E-state index is 12.7. The SMILES string of the molecule is CCCCCC1c2cc(c(C(C)(C)O)cc2C(C)(C)O)C(CCCCC)c2cc(c(C(C)(C)O)cc2C(C)(C)O)C(CCCCC)c2cc(c(C(C)(C)O)cc2C(C)(C)O)C(CCCCC)c2cc1c(C(C)(C)O)cc2C(C)(C)O. The summed E-state index contributed by atoms with van der Waals surface area (Å²) in [6, 6.07) is 17.2. The fourth-order valence-corrected chi connectivity index (χ4v) is 13.4. The molecule has 0 radical (unpaired) electrons. The van der Waals surface area contributed by atoms with E-state index in [0.717, 1.165) is 122 Å². The molecule has 0 heterocycles. The Morgan fingerprint density at radius 1 is 0.225 bits per heavy atom. The average molecular weight is 1110 g/mol. The monoisotopic (exact) mass is 1100 g/mol. The summed E-state index contributed by atoms with van der Waals surface area (Å²) in [7, 11) is 0. The van der Waals surface area contributed by atoms with Crippen LogP contribution in [0.25, 0.3) is 0 Å². The van der Waals surface area contributed by atoms with Gasteiger partial charge in [0.05, 0.1) is 44.8 Å². The van der Waals surface area contributed by atoms with E-state index in [1.807, 2.05) is 135 Å². The Hall–Kier alpha value is -3.44. The zero-order chi connectivity index (χ0) is 60.5. The van der Waals surface area contributed by atoms with Crippen LogP contribution < -0.4 is 0 Å². The first-order chi connectivity index (χ1) is 36.6. The molecular formula is C72H112O8. The van der Waals surface area contributed by atoms with Gasteiger partial charge in [-0.3, -0.25) is 0 Å². The van der Waals surface area contributed by atoms with Gasteiger partial charge in [0.2, 0.25) is 0 Å². The van der Waals surface area contributed by atoms with E-state index in [-0.39, 0.29) is 0 Å². The zero-order valence-electron chi connectivity index (χ0n) is 53.8. The summed E-state index contributed by atoms with van der Waals surface area (Å²) in [4.78, 5) is 0. The minimum Gasteiger partial charge on any atom is -0.386 e. The van der Waals surface area contributed by atoms with Gasteiger partial charge in [-0.05, 0) is 250 Å². The van der Waals surface area contributed by atoms with Crippen LogP contribution in [-0.2, 0) is 44.8 Å². The van der Waals surface area contributed by atoms with E-state index < -0.39 is 68.5 Å². The second-order valence-corrected chi connectivity index (χ2v) is 28.8. The van der Waals surface area contributed by atoms with Crippen LogP contribution in [0.2, 0.25) is 0 Å². The highest BCUT2D eigenvalue weighted by Gasteiger charge is 2.42. The van der Waals surface area contributed by atoms with Crippen molar-refractivity contribution < 1.29 is 40.9 Å². The van der Waals surface area contributed by atoms with Gasteiger partial charge >= 0.3 is 0 Å². The molecule has 4 aromatic carbocycles. The number of hydrogen-bond donors (Lipinski definition) is 8. The third kappa shape index (κ3) is 15.7. The third-order valence-corrected chi connectivity index (χ3v) is 17.5. The van der Waals surface area contributed by atoms with Gasteiger partial charge in [-0.2, -0.15) is 0 Å². The number of hydrogen-bond acceptors (Lipinski definition) is 8. The molecule has 0 amide bonds. The van der Waals surface area contributed by atoms with Crippen LogP contribution in [0.3, 0.4) is 0 Å². The van der Waals surface area contributed by atoms with Crippen LogP contribution in [0.4, 0.5) is 0 Å². The number of fused-ring (bicyclic) bond motifs is 8. The van der Waals surface area contributed by atoms with Crippen LogP contribution in [-0.4, -0.2) is 40.9 Å². The molecule has 8 N–H and O–H groups in total. The third-order valence-electron chi connectivity index (χ3n) is 17.5. The van der Waals surface area contributed by atoms with Crippen molar-refractivity contribution in [1.29, 1.82) is 0 Å². The van der Waals surface area contributed by atoms with Crippen molar-refractivity contribution in [1.82, 2.24) is 0 Å². The Morgan fingerprint density at radius 2 is 0.350 bits per heavy atom. The molecule has 0 spiro atoms. The summed E-state index contributed by atoms with van der Waals surface area (Å²) < 4.78 is 0. The first kappa shape index (κ1) is 67.4. The lowest BCUT2D eigenvalue weighted by Crippen LogP contribution is -2.30. The Bertz CT molecular complexity index is 2180. The molecule has 4 aromatic rings. The predicted molar refractivity (Wildman–Crippen MR) is 332 cm³/mol. The maximum atomic E-state index is 12.7. The van der Waals surface area contributed by atoms with Gasteiger partial charge in [0.1, 0.15) is 0 Å². The highest BCUT2D eigenvalue weighted by molar-refractivity contribution is 5.60. The fraction of sp³-hybridized carbons (Fsp3) is 0.667. The Balaban J connectivity index is 2.37. The largest absolute Gasteiger partial charge is 0.386 e. The Labute approximate surface area is 485 Å². The molecule has 0 saturated carbocycles. The van der Waals surface area contributed by atoms with E-state index in [0.29, 0.717) is 70.2 Å². The highest BCUT2D eigenvalue weighted by Crippen LogP contribution is 2.53. The van der Waals surface area contributed by atoms with Gasteiger partial charge in [-0.25, -0.2) is 0 Å². The van der Waals surface area contributed by atoms with Crippen LogP contribution >= 0.6 is 0 Å². The highest BCUT2D eigenvalue weighted by atomic mass is 16.3. The first-order valence-electron chi connectivity index (χ1n) is 31.2. The molecule has 0 aromatic heterocycles. The van der Waals surface area contributed by atoms with Crippen LogP contribution in [0.15, 0.2) is 48.5 Å². The summed E-state index contributed by atoms with van der Waals surface area (Å²) in [5.41, 5.74) is 1.40. The summed E-state index contributed by atoms with van der Waals surface area (Å²) in [6.45, 7) is 37.8. The number of aliphatic hydroxyl groups is 8. The molecule has 5 rings (SSSR count). The van der Waals surface area contributed by atoms with Crippen molar-refractivity contribution >= 4 is 0 Å². The van der Waals surface area contributed by atoms with Gasteiger partial charge < -0.3 is 40.9 Å². The molecule has 0 atom stereocenters. The van der Waals surface area contributed by atoms with E-state index in [1.165, 1.54) is 0 Å². The molecule has 0 unspecified atom stereocenters. The molecule has 80 heavy (non-hydrogen) atoms. The number of unbranched alkanes of at least 4 members (excludes halogenated alkanes) is 8. The molecule has 8 bridgehead atoms. The molecule has 1 aliphatic rings. The normalized spacial score (nSPS) is 18.1. The molecule has 8 nitrogen and oxygen atoms in total. The van der Waals surface area contributed by atoms with E-state index in [9.17, 15) is 40.9 Å². The second-order valence-electron chi connectivity index (χ2n) is 28.8. The van der Waals surface area contributed by atoms with Crippen LogP contribution in [0.5, 0.6) is 0 Å². The summed E-state index contributed by atoms with van der Waals surface area (Å²) in [6.07, 6.45) is 13.7. The molecule has 0 fully saturated rings. The summed E-state index contributed by atoms with van der Waals surface area (Å²) >= 11 is 0. The summed E-state index contributed by atoms with van der Waals surface area (Å²) in [5, 5.41) is 101. The average Bonchev–Trinajstić information content (AvgIpc) is 3.30. The number of rotatable bonds is 24. The Kier molecular flexibility index (Phi) is 21.4. The molecule has 448 valence electrons. The quantitative estimate of drug-likeness (QED) is 0.0322. The maximum Gasteiger partial charge on any atom is 0.0843 e. The van der Waals surface area contributed by atoms with Gasteiger partial charge in [-0.15, -0.1) is 0 Å². The standard InChI is InChI=1S/C72H112O8/c1-21-25-29-33-45-49-37-51(59(67(9,10)75)41-57(49)65(5,6)73)46(34-30-26-22-2)53-39-55(63(71(17,18)79)43-61(53)69(13,14)77)48(36-32-28-24-4)56-40-54(62(70(15,16)78)44-64(56)72(19,20)80)47(35-31-27-23-3)52-38-50(45)58(66(7,8)74)42-60(52)68(11,12)76/h37-48,73-80H,21-36H2,1-20H3. The predicted octanol–water partition coefficient (Wildman–Crippen LogP) is 16.7. The second kappa shape index (κ2) is 25.4. The summed E-state index contributed by atoms with van der Waals surface area (Å²) in [5.74, 6) is -1.61. The van der Waals surface area contributed by atoms with Gasteiger partial charge in [0, 0.05) is 23.7 Å².